The van der Waals surface area contributed by atoms with Crippen molar-refractivity contribution in [2.75, 3.05) is 26.2 Å². The fourth-order valence-electron chi connectivity index (χ4n) is 2.47. The molecule has 1 aromatic rings. The molecule has 0 spiro atoms. The highest BCUT2D eigenvalue weighted by atomic mass is 35.5. The van der Waals surface area contributed by atoms with Crippen LogP contribution in [0.4, 0.5) is 13.2 Å². The van der Waals surface area contributed by atoms with Crippen molar-refractivity contribution < 1.29 is 13.2 Å². The second kappa shape index (κ2) is 7.67. The first-order valence-electron chi connectivity index (χ1n) is 6.33. The number of hydrogen-bond acceptors (Lipinski definition) is 2. The summed E-state index contributed by atoms with van der Waals surface area (Å²) in [5.74, 6) is -2.55. The third-order valence-electron chi connectivity index (χ3n) is 3.36. The molecule has 0 radical (unpaired) electrons. The maximum absolute atomic E-state index is 13.9. The summed E-state index contributed by atoms with van der Waals surface area (Å²) in [6.45, 7) is 6.59. The molecule has 6 heteroatoms. The zero-order chi connectivity index (χ0) is 13.8. The van der Waals surface area contributed by atoms with Gasteiger partial charge in [0.1, 0.15) is 17.5 Å². The van der Waals surface area contributed by atoms with Crippen molar-refractivity contribution in [3.05, 3.63) is 47.8 Å². The van der Waals surface area contributed by atoms with Gasteiger partial charge in [-0.05, 0) is 6.42 Å². The Kier molecular flexibility index (Phi) is 6.52. The van der Waals surface area contributed by atoms with Gasteiger partial charge in [-0.3, -0.25) is 4.90 Å². The Hall–Kier alpha value is -1.04. The molecule has 1 aliphatic heterocycles. The first-order valence-corrected chi connectivity index (χ1v) is 6.33. The van der Waals surface area contributed by atoms with Gasteiger partial charge in [0.15, 0.2) is 0 Å². The number of halogens is 4. The molecule has 2 nitrogen and oxygen atoms in total. The molecule has 1 saturated heterocycles. The summed E-state index contributed by atoms with van der Waals surface area (Å²) in [5.41, 5.74) is -0.0665. The van der Waals surface area contributed by atoms with Gasteiger partial charge in [-0.1, -0.05) is 6.08 Å². The SMILES string of the molecule is C=CC[C@@H](c1c(F)cc(F)cc1F)N1CCNCC1.Cl. The number of nitrogens with one attached hydrogen (secondary N) is 1. The van der Waals surface area contributed by atoms with Crippen molar-refractivity contribution in [3.8, 4) is 0 Å². The Morgan fingerprint density at radius 1 is 1.20 bits per heavy atom. The molecular weight excluding hydrogens is 289 g/mol. The van der Waals surface area contributed by atoms with Crippen molar-refractivity contribution in [2.45, 2.75) is 12.5 Å². The summed E-state index contributed by atoms with van der Waals surface area (Å²) in [5, 5.41) is 3.19. The lowest BCUT2D eigenvalue weighted by atomic mass is 9.99. The van der Waals surface area contributed by atoms with Crippen molar-refractivity contribution in [1.29, 1.82) is 0 Å². The van der Waals surface area contributed by atoms with Gasteiger partial charge in [-0.15, -0.1) is 19.0 Å². The average Bonchev–Trinajstić information content (AvgIpc) is 2.37. The highest BCUT2D eigenvalue weighted by Gasteiger charge is 2.27. The number of piperazine rings is 1. The molecule has 1 aromatic carbocycles. The second-order valence-electron chi connectivity index (χ2n) is 4.61. The van der Waals surface area contributed by atoms with Crippen LogP contribution in [-0.4, -0.2) is 31.1 Å². The molecule has 0 saturated carbocycles. The quantitative estimate of drug-likeness (QED) is 0.860. The normalized spacial score (nSPS) is 17.4. The van der Waals surface area contributed by atoms with Crippen LogP contribution in [-0.2, 0) is 0 Å². The van der Waals surface area contributed by atoms with Crippen LogP contribution in [0, 0.1) is 17.5 Å². The van der Waals surface area contributed by atoms with Crippen LogP contribution in [0.25, 0.3) is 0 Å². The van der Waals surface area contributed by atoms with Crippen LogP contribution in [0.2, 0.25) is 0 Å². The van der Waals surface area contributed by atoms with E-state index in [0.29, 0.717) is 19.5 Å². The van der Waals surface area contributed by atoms with E-state index in [-0.39, 0.29) is 18.0 Å². The molecule has 1 heterocycles. The summed E-state index contributed by atoms with van der Waals surface area (Å²) in [6, 6.07) is 1.04. The van der Waals surface area contributed by atoms with Gasteiger partial charge in [0.05, 0.1) is 0 Å². The fraction of sp³-hybridized carbons (Fsp3) is 0.429. The van der Waals surface area contributed by atoms with Crippen LogP contribution in [0.3, 0.4) is 0 Å². The van der Waals surface area contributed by atoms with Crippen molar-refractivity contribution in [3.63, 3.8) is 0 Å². The predicted octanol–water partition coefficient (Wildman–Crippen LogP) is 3.05. The highest BCUT2D eigenvalue weighted by molar-refractivity contribution is 5.85. The Balaban J connectivity index is 0.00000200. The minimum Gasteiger partial charge on any atom is -0.314 e. The minimum atomic E-state index is -0.892. The minimum absolute atomic E-state index is 0. The Morgan fingerprint density at radius 2 is 1.75 bits per heavy atom. The molecule has 112 valence electrons. The number of benzene rings is 1. The molecule has 2 rings (SSSR count). The third kappa shape index (κ3) is 3.75. The smallest absolute Gasteiger partial charge is 0.133 e. The van der Waals surface area contributed by atoms with Gasteiger partial charge in [-0.2, -0.15) is 0 Å². The lowest BCUT2D eigenvalue weighted by Gasteiger charge is -2.35. The Bertz CT molecular complexity index is 439. The first-order chi connectivity index (χ1) is 9.13. The Morgan fingerprint density at radius 3 is 2.25 bits per heavy atom. The van der Waals surface area contributed by atoms with E-state index < -0.39 is 23.5 Å². The summed E-state index contributed by atoms with van der Waals surface area (Å²) in [6.07, 6.45) is 2.06. The molecule has 0 aromatic heterocycles. The molecular formula is C14H18ClF3N2. The average molecular weight is 307 g/mol. The van der Waals surface area contributed by atoms with E-state index in [4.69, 9.17) is 0 Å². The van der Waals surface area contributed by atoms with Gasteiger partial charge in [0.2, 0.25) is 0 Å². The van der Waals surface area contributed by atoms with Crippen LogP contribution in [0.5, 0.6) is 0 Å². The summed E-state index contributed by atoms with van der Waals surface area (Å²) in [4.78, 5) is 2.00. The predicted molar refractivity (Wildman–Crippen MR) is 75.6 cm³/mol. The molecule has 0 amide bonds. The van der Waals surface area contributed by atoms with Crippen LogP contribution >= 0.6 is 12.4 Å². The maximum Gasteiger partial charge on any atom is 0.133 e. The van der Waals surface area contributed by atoms with Gasteiger partial charge in [0.25, 0.3) is 0 Å². The number of rotatable bonds is 4. The standard InChI is InChI=1S/C14H17F3N2.ClH/c1-2-3-13(19-6-4-18-5-7-19)14-11(16)8-10(15)9-12(14)17;/h2,8-9,13,18H,1,3-7H2;1H/t13-;/m0./s1. The van der Waals surface area contributed by atoms with Gasteiger partial charge >= 0.3 is 0 Å². The van der Waals surface area contributed by atoms with Crippen LogP contribution in [0.15, 0.2) is 24.8 Å². The van der Waals surface area contributed by atoms with E-state index in [1.165, 1.54) is 0 Å². The van der Waals surface area contributed by atoms with E-state index >= 15 is 0 Å². The fourth-order valence-corrected chi connectivity index (χ4v) is 2.47. The molecule has 20 heavy (non-hydrogen) atoms. The Labute approximate surface area is 123 Å². The van der Waals surface area contributed by atoms with Gasteiger partial charge in [0, 0.05) is 49.9 Å². The third-order valence-corrected chi connectivity index (χ3v) is 3.36. The zero-order valence-electron chi connectivity index (χ0n) is 11.0. The van der Waals surface area contributed by atoms with E-state index in [9.17, 15) is 13.2 Å². The first kappa shape index (κ1) is 17.0. The van der Waals surface area contributed by atoms with E-state index in [1.54, 1.807) is 6.08 Å². The largest absolute Gasteiger partial charge is 0.314 e. The topological polar surface area (TPSA) is 15.3 Å². The van der Waals surface area contributed by atoms with Crippen molar-refractivity contribution in [1.82, 2.24) is 10.2 Å². The monoisotopic (exact) mass is 306 g/mol. The van der Waals surface area contributed by atoms with Crippen molar-refractivity contribution in [2.24, 2.45) is 0 Å². The summed E-state index contributed by atoms with van der Waals surface area (Å²) >= 11 is 0. The van der Waals surface area contributed by atoms with Crippen molar-refractivity contribution >= 4 is 12.4 Å². The molecule has 1 aliphatic rings. The van der Waals surface area contributed by atoms with E-state index in [1.807, 2.05) is 4.90 Å². The van der Waals surface area contributed by atoms with E-state index in [2.05, 4.69) is 11.9 Å². The molecule has 0 bridgehead atoms. The summed E-state index contributed by atoms with van der Waals surface area (Å²) < 4.78 is 40.7. The highest BCUT2D eigenvalue weighted by Crippen LogP contribution is 2.30. The number of hydrogen-bond donors (Lipinski definition) is 1. The van der Waals surface area contributed by atoms with E-state index in [0.717, 1.165) is 25.2 Å². The molecule has 1 N–H and O–H groups in total. The molecule has 0 aliphatic carbocycles. The lowest BCUT2D eigenvalue weighted by Crippen LogP contribution is -2.45. The van der Waals surface area contributed by atoms with Crippen LogP contribution < -0.4 is 5.32 Å². The zero-order valence-corrected chi connectivity index (χ0v) is 11.9. The molecule has 1 atom stereocenters. The van der Waals surface area contributed by atoms with Crippen LogP contribution in [0.1, 0.15) is 18.0 Å². The molecule has 1 fully saturated rings. The molecule has 0 unspecified atom stereocenters. The van der Waals surface area contributed by atoms with Gasteiger partial charge in [-0.25, -0.2) is 13.2 Å². The number of nitrogens with zero attached hydrogens (tertiary/aromatic N) is 1. The lowest BCUT2D eigenvalue weighted by molar-refractivity contribution is 0.167. The maximum atomic E-state index is 13.9. The summed E-state index contributed by atoms with van der Waals surface area (Å²) in [7, 11) is 0. The second-order valence-corrected chi connectivity index (χ2v) is 4.61. The van der Waals surface area contributed by atoms with Gasteiger partial charge < -0.3 is 5.32 Å².